The van der Waals surface area contributed by atoms with Crippen LogP contribution in [0, 0.1) is 11.3 Å². The Morgan fingerprint density at radius 1 is 1.56 bits per heavy atom. The van der Waals surface area contributed by atoms with E-state index in [0.717, 1.165) is 18.5 Å². The fourth-order valence-corrected chi connectivity index (χ4v) is 2.15. The molecule has 0 aliphatic heterocycles. The highest BCUT2D eigenvalue weighted by Crippen LogP contribution is 2.17. The summed E-state index contributed by atoms with van der Waals surface area (Å²) in [7, 11) is -0.769. The van der Waals surface area contributed by atoms with Gasteiger partial charge in [0.1, 0.15) is 0 Å². The fourth-order valence-electron chi connectivity index (χ4n) is 1.45. The van der Waals surface area contributed by atoms with Gasteiger partial charge in [-0.15, -0.1) is 0 Å². The summed E-state index contributed by atoms with van der Waals surface area (Å²) in [5.74, 6) is 0. The van der Waals surface area contributed by atoms with Gasteiger partial charge in [0.15, 0.2) is 0 Å². The Morgan fingerprint density at radius 3 is 2.83 bits per heavy atom. The number of nitrogens with one attached hydrogen (secondary N) is 1. The average molecular weight is 285 g/mol. The van der Waals surface area contributed by atoms with Crippen LogP contribution in [0.5, 0.6) is 0 Å². The maximum atomic E-state index is 11.2. The molecule has 1 N–H and O–H groups in total. The van der Waals surface area contributed by atoms with Crippen molar-refractivity contribution in [2.45, 2.75) is 25.1 Å². The minimum absolute atomic E-state index is 0.203. The quantitative estimate of drug-likeness (QED) is 0.817. The molecule has 3 nitrogen and oxygen atoms in total. The molecule has 1 rings (SSSR count). The third kappa shape index (κ3) is 4.77. The highest BCUT2D eigenvalue weighted by atomic mass is 35.5. The van der Waals surface area contributed by atoms with Gasteiger partial charge in [0.25, 0.3) is 0 Å². The first kappa shape index (κ1) is 15.2. The van der Waals surface area contributed by atoms with Crippen molar-refractivity contribution < 1.29 is 4.21 Å². The van der Waals surface area contributed by atoms with Crippen LogP contribution in [0.1, 0.15) is 24.5 Å². The predicted molar refractivity (Wildman–Crippen MR) is 76.0 cm³/mol. The van der Waals surface area contributed by atoms with E-state index in [1.54, 1.807) is 18.4 Å². The maximum Gasteiger partial charge on any atom is 0.0992 e. The molecule has 1 aromatic rings. The summed E-state index contributed by atoms with van der Waals surface area (Å²) in [5, 5.41) is 12.8. The van der Waals surface area contributed by atoms with Gasteiger partial charge in [-0.2, -0.15) is 5.26 Å². The third-order valence-electron chi connectivity index (χ3n) is 2.79. The molecule has 0 radical (unpaired) electrons. The lowest BCUT2D eigenvalue weighted by molar-refractivity contribution is 0.629. The fraction of sp³-hybridized carbons (Fsp3) is 0.462. The second kappa shape index (κ2) is 7.52. The molecular formula is C13H17ClN2OS. The largest absolute Gasteiger partial charge is 0.313 e. The molecule has 0 spiro atoms. The summed E-state index contributed by atoms with van der Waals surface area (Å²) in [6, 6.07) is 7.33. The van der Waals surface area contributed by atoms with E-state index in [-0.39, 0.29) is 5.25 Å². The van der Waals surface area contributed by atoms with E-state index >= 15 is 0 Å². The predicted octanol–water partition coefficient (Wildman–Crippen LogP) is 2.46. The van der Waals surface area contributed by atoms with Crippen LogP contribution < -0.4 is 5.32 Å². The number of nitriles is 1. The minimum Gasteiger partial charge on any atom is -0.313 e. The molecule has 0 aliphatic carbocycles. The van der Waals surface area contributed by atoms with Crippen molar-refractivity contribution in [2.24, 2.45) is 0 Å². The van der Waals surface area contributed by atoms with Gasteiger partial charge >= 0.3 is 0 Å². The Balaban J connectivity index is 2.41. The van der Waals surface area contributed by atoms with Crippen LogP contribution in [0.25, 0.3) is 0 Å². The summed E-state index contributed by atoms with van der Waals surface area (Å²) in [6.45, 7) is 3.44. The number of benzene rings is 1. The first-order valence-corrected chi connectivity index (χ1v) is 7.76. The van der Waals surface area contributed by atoms with Crippen molar-refractivity contribution in [3.05, 3.63) is 34.3 Å². The molecule has 98 valence electrons. The maximum absolute atomic E-state index is 11.2. The SMILES string of the molecule is CC(CCNCc1ccc(C#N)cc1Cl)S(C)=O. The van der Waals surface area contributed by atoms with E-state index in [0.29, 0.717) is 17.1 Å². The number of halogens is 1. The molecule has 2 unspecified atom stereocenters. The van der Waals surface area contributed by atoms with Gasteiger partial charge in [0, 0.05) is 33.9 Å². The second-order valence-corrected chi connectivity index (χ2v) is 6.40. The summed E-state index contributed by atoms with van der Waals surface area (Å²) >= 11 is 6.06. The van der Waals surface area contributed by atoms with Crippen molar-refractivity contribution in [1.29, 1.82) is 5.26 Å². The van der Waals surface area contributed by atoms with Crippen LogP contribution >= 0.6 is 11.6 Å². The molecule has 0 bridgehead atoms. The molecule has 18 heavy (non-hydrogen) atoms. The molecule has 0 heterocycles. The number of nitrogens with zero attached hydrogens (tertiary/aromatic N) is 1. The molecule has 5 heteroatoms. The third-order valence-corrected chi connectivity index (χ3v) is 4.51. The van der Waals surface area contributed by atoms with Gasteiger partial charge in [-0.1, -0.05) is 24.6 Å². The molecular weight excluding hydrogens is 268 g/mol. The van der Waals surface area contributed by atoms with Crippen LogP contribution in [-0.4, -0.2) is 22.3 Å². The number of hydrogen-bond donors (Lipinski definition) is 1. The van der Waals surface area contributed by atoms with Crippen molar-refractivity contribution in [3.63, 3.8) is 0 Å². The molecule has 1 aromatic carbocycles. The first-order chi connectivity index (χ1) is 8.54. The molecule has 0 aliphatic rings. The van der Waals surface area contributed by atoms with E-state index in [4.69, 9.17) is 16.9 Å². The van der Waals surface area contributed by atoms with Gasteiger partial charge < -0.3 is 5.32 Å². The van der Waals surface area contributed by atoms with Crippen molar-refractivity contribution in [3.8, 4) is 6.07 Å². The van der Waals surface area contributed by atoms with Gasteiger partial charge in [-0.3, -0.25) is 4.21 Å². The van der Waals surface area contributed by atoms with Gasteiger partial charge in [0.05, 0.1) is 11.6 Å². The van der Waals surface area contributed by atoms with Crippen LogP contribution in [0.3, 0.4) is 0 Å². The molecule has 0 fully saturated rings. The lowest BCUT2D eigenvalue weighted by Crippen LogP contribution is -2.21. The average Bonchev–Trinajstić information content (AvgIpc) is 2.35. The Labute approximate surface area is 116 Å². The van der Waals surface area contributed by atoms with Gasteiger partial charge in [0.2, 0.25) is 0 Å². The smallest absolute Gasteiger partial charge is 0.0992 e. The Kier molecular flexibility index (Phi) is 6.34. The molecule has 0 amide bonds. The highest BCUT2D eigenvalue weighted by molar-refractivity contribution is 7.84. The zero-order valence-electron chi connectivity index (χ0n) is 10.6. The number of hydrogen-bond acceptors (Lipinski definition) is 3. The van der Waals surface area contributed by atoms with Crippen molar-refractivity contribution >= 4 is 22.4 Å². The van der Waals surface area contributed by atoms with Crippen molar-refractivity contribution in [2.75, 3.05) is 12.8 Å². The highest BCUT2D eigenvalue weighted by Gasteiger charge is 2.06. The second-order valence-electron chi connectivity index (χ2n) is 4.19. The zero-order valence-corrected chi connectivity index (χ0v) is 12.1. The number of rotatable bonds is 6. The van der Waals surface area contributed by atoms with Crippen LogP contribution in [-0.2, 0) is 17.3 Å². The Hall–Kier alpha value is -0.890. The van der Waals surface area contributed by atoms with Crippen molar-refractivity contribution in [1.82, 2.24) is 5.32 Å². The monoisotopic (exact) mass is 284 g/mol. The molecule has 2 atom stereocenters. The Bertz CT molecular complexity index is 471. The summed E-state index contributed by atoms with van der Waals surface area (Å²) in [6.07, 6.45) is 2.60. The topological polar surface area (TPSA) is 52.9 Å². The van der Waals surface area contributed by atoms with E-state index in [1.807, 2.05) is 13.0 Å². The van der Waals surface area contributed by atoms with E-state index in [1.165, 1.54) is 0 Å². The molecule has 0 saturated carbocycles. The van der Waals surface area contributed by atoms with Crippen LogP contribution in [0.2, 0.25) is 5.02 Å². The van der Waals surface area contributed by atoms with Gasteiger partial charge in [-0.05, 0) is 30.7 Å². The normalized spacial score (nSPS) is 13.9. The van der Waals surface area contributed by atoms with E-state index in [9.17, 15) is 4.21 Å². The van der Waals surface area contributed by atoms with Crippen LogP contribution in [0.15, 0.2) is 18.2 Å². The summed E-state index contributed by atoms with van der Waals surface area (Å²) in [4.78, 5) is 0. The van der Waals surface area contributed by atoms with Gasteiger partial charge in [-0.25, -0.2) is 0 Å². The summed E-state index contributed by atoms with van der Waals surface area (Å²) < 4.78 is 11.2. The molecule has 0 aromatic heterocycles. The van der Waals surface area contributed by atoms with E-state index < -0.39 is 10.8 Å². The minimum atomic E-state index is -0.769. The van der Waals surface area contributed by atoms with Crippen LogP contribution in [0.4, 0.5) is 0 Å². The summed E-state index contributed by atoms with van der Waals surface area (Å²) in [5.41, 5.74) is 1.54. The first-order valence-electron chi connectivity index (χ1n) is 5.76. The zero-order chi connectivity index (χ0) is 13.5. The van der Waals surface area contributed by atoms with E-state index in [2.05, 4.69) is 11.4 Å². The lowest BCUT2D eigenvalue weighted by Gasteiger charge is -2.10. The Morgan fingerprint density at radius 2 is 2.28 bits per heavy atom. The lowest BCUT2D eigenvalue weighted by atomic mass is 10.1. The molecule has 0 saturated heterocycles. The standard InChI is InChI=1S/C13H17ClN2OS/c1-10(18(2)17)5-6-16-9-12-4-3-11(8-15)7-13(12)14/h3-4,7,10,16H,5-6,9H2,1-2H3.